The maximum Gasteiger partial charge on any atom is 0.242 e. The van der Waals surface area contributed by atoms with Crippen molar-refractivity contribution in [1.29, 1.82) is 0 Å². The van der Waals surface area contributed by atoms with Gasteiger partial charge in [0.2, 0.25) is 11.8 Å². The molecule has 1 fully saturated rings. The van der Waals surface area contributed by atoms with E-state index in [9.17, 15) is 14.4 Å². The lowest BCUT2D eigenvalue weighted by Crippen LogP contribution is -2.32. The van der Waals surface area contributed by atoms with E-state index in [0.717, 1.165) is 12.2 Å². The van der Waals surface area contributed by atoms with Crippen molar-refractivity contribution in [2.75, 3.05) is 12.3 Å². The first-order valence-electron chi connectivity index (χ1n) is 6.01. The van der Waals surface area contributed by atoms with E-state index in [-0.39, 0.29) is 22.8 Å². The smallest absolute Gasteiger partial charge is 0.242 e. The summed E-state index contributed by atoms with van der Waals surface area (Å²) in [7, 11) is 0. The van der Waals surface area contributed by atoms with Crippen LogP contribution in [0.2, 0.25) is 0 Å². The predicted molar refractivity (Wildman–Crippen MR) is 67.8 cm³/mol. The van der Waals surface area contributed by atoms with Gasteiger partial charge in [0.05, 0.1) is 5.25 Å². The molecule has 1 atom stereocenters. The van der Waals surface area contributed by atoms with Gasteiger partial charge in [-0.25, -0.2) is 0 Å². The summed E-state index contributed by atoms with van der Waals surface area (Å²) in [6, 6.07) is 0. The molecule has 1 saturated heterocycles. The summed E-state index contributed by atoms with van der Waals surface area (Å²) in [4.78, 5) is 35.6. The summed E-state index contributed by atoms with van der Waals surface area (Å²) in [5, 5.41) is -0.195. The fourth-order valence-electron chi connectivity index (χ4n) is 1.76. The molecular weight excluding hydrogens is 238 g/mol. The van der Waals surface area contributed by atoms with E-state index >= 15 is 0 Å². The third-order valence-corrected chi connectivity index (χ3v) is 4.05. The maximum atomic E-state index is 11.9. The fraction of sp³-hybridized carbons (Fsp3) is 0.750. The number of Topliss-reactive ketones (excluding diaryl/α,β-unsaturated/α-hetero) is 1. The Morgan fingerprint density at radius 1 is 1.47 bits per heavy atom. The summed E-state index contributed by atoms with van der Waals surface area (Å²) < 4.78 is 0. The van der Waals surface area contributed by atoms with Gasteiger partial charge < -0.3 is 4.79 Å². The van der Waals surface area contributed by atoms with Crippen LogP contribution in [0.3, 0.4) is 0 Å². The van der Waals surface area contributed by atoms with Crippen molar-refractivity contribution in [2.24, 2.45) is 0 Å². The van der Waals surface area contributed by atoms with Gasteiger partial charge in [0, 0.05) is 19.4 Å². The van der Waals surface area contributed by atoms with Gasteiger partial charge in [-0.15, -0.1) is 11.8 Å². The normalized spacial score (nSPS) is 20.1. The molecule has 0 aromatic heterocycles. The Balaban J connectivity index is 2.42. The highest BCUT2D eigenvalue weighted by Gasteiger charge is 2.37. The second-order valence-corrected chi connectivity index (χ2v) is 5.56. The molecule has 17 heavy (non-hydrogen) atoms. The number of carbonyl (C=O) groups excluding carboxylic acids is 3. The van der Waals surface area contributed by atoms with Crippen LogP contribution in [0.1, 0.15) is 39.5 Å². The van der Waals surface area contributed by atoms with E-state index in [2.05, 4.69) is 6.92 Å². The fourth-order valence-corrected chi connectivity index (χ4v) is 2.81. The van der Waals surface area contributed by atoms with Crippen LogP contribution in [0, 0.1) is 0 Å². The van der Waals surface area contributed by atoms with Gasteiger partial charge in [-0.05, 0) is 25.5 Å². The topological polar surface area (TPSA) is 54.5 Å². The Morgan fingerprint density at radius 3 is 2.76 bits per heavy atom. The number of nitrogens with zero attached hydrogens (tertiary/aromatic N) is 1. The summed E-state index contributed by atoms with van der Waals surface area (Å²) in [5.74, 6) is 0.843. The Bertz CT molecular complexity index is 317. The molecule has 0 saturated carbocycles. The Kier molecular flexibility index (Phi) is 5.68. The highest BCUT2D eigenvalue weighted by molar-refractivity contribution is 8.00. The summed E-state index contributed by atoms with van der Waals surface area (Å²) in [5.41, 5.74) is 0. The number of amides is 2. The molecule has 5 heteroatoms. The lowest BCUT2D eigenvalue weighted by Gasteiger charge is -2.14. The minimum Gasteiger partial charge on any atom is -0.300 e. The molecule has 0 aliphatic carbocycles. The first kappa shape index (κ1) is 14.2. The van der Waals surface area contributed by atoms with Crippen molar-refractivity contribution in [3.05, 3.63) is 0 Å². The van der Waals surface area contributed by atoms with Crippen molar-refractivity contribution in [3.63, 3.8) is 0 Å². The van der Waals surface area contributed by atoms with E-state index in [1.165, 1.54) is 11.8 Å². The lowest BCUT2D eigenvalue weighted by atomic mass is 10.2. The molecule has 0 N–H and O–H groups in total. The third kappa shape index (κ3) is 4.15. The molecule has 2 amide bonds. The Labute approximate surface area is 106 Å². The summed E-state index contributed by atoms with van der Waals surface area (Å²) >= 11 is 1.56. The van der Waals surface area contributed by atoms with Crippen LogP contribution in [-0.4, -0.2) is 40.0 Å². The van der Waals surface area contributed by atoms with Crippen LogP contribution in [-0.2, 0) is 14.4 Å². The van der Waals surface area contributed by atoms with Crippen LogP contribution < -0.4 is 0 Å². The van der Waals surface area contributed by atoms with Crippen molar-refractivity contribution in [3.8, 4) is 0 Å². The monoisotopic (exact) mass is 257 g/mol. The number of hydrogen-bond donors (Lipinski definition) is 0. The van der Waals surface area contributed by atoms with E-state index in [4.69, 9.17) is 0 Å². The van der Waals surface area contributed by atoms with Crippen molar-refractivity contribution >= 4 is 29.4 Å². The van der Waals surface area contributed by atoms with Gasteiger partial charge in [0.1, 0.15) is 5.78 Å². The highest BCUT2D eigenvalue weighted by Crippen LogP contribution is 2.25. The molecule has 4 nitrogen and oxygen atoms in total. The largest absolute Gasteiger partial charge is 0.300 e. The molecule has 1 rings (SSSR count). The Hall–Kier alpha value is -0.840. The molecule has 1 aliphatic heterocycles. The number of rotatable bonds is 7. The van der Waals surface area contributed by atoms with Crippen LogP contribution in [0.4, 0.5) is 0 Å². The zero-order chi connectivity index (χ0) is 12.8. The quantitative estimate of drug-likeness (QED) is 0.650. The van der Waals surface area contributed by atoms with Crippen molar-refractivity contribution < 1.29 is 14.4 Å². The average molecular weight is 257 g/mol. The van der Waals surface area contributed by atoms with Gasteiger partial charge >= 0.3 is 0 Å². The second-order valence-electron chi connectivity index (χ2n) is 4.25. The summed E-state index contributed by atoms with van der Waals surface area (Å²) in [6.07, 6.45) is 2.35. The minimum absolute atomic E-state index is 0.0722. The minimum atomic E-state index is -0.195. The van der Waals surface area contributed by atoms with Crippen molar-refractivity contribution in [2.45, 2.75) is 44.8 Å². The molecule has 0 aromatic carbocycles. The first-order valence-corrected chi connectivity index (χ1v) is 7.06. The van der Waals surface area contributed by atoms with Gasteiger partial charge in [0.15, 0.2) is 0 Å². The van der Waals surface area contributed by atoms with Gasteiger partial charge in [-0.1, -0.05) is 6.92 Å². The number of thioether (sulfide) groups is 1. The molecule has 0 bridgehead atoms. The molecule has 1 heterocycles. The molecule has 1 unspecified atom stereocenters. The van der Waals surface area contributed by atoms with Crippen LogP contribution in [0.5, 0.6) is 0 Å². The second kappa shape index (κ2) is 6.79. The zero-order valence-corrected chi connectivity index (χ0v) is 11.2. The molecule has 0 radical (unpaired) electrons. The number of likely N-dealkylation sites (tertiary alicyclic amines) is 1. The average Bonchev–Trinajstić information content (AvgIpc) is 2.53. The standard InChI is InChI=1S/C12H19NO3S/c1-3-7-17-10-8-11(15)13(12(10)16)6-4-5-9(2)14/h10H,3-8H2,1-2H3. The van der Waals surface area contributed by atoms with Crippen LogP contribution in [0.25, 0.3) is 0 Å². The van der Waals surface area contributed by atoms with Crippen LogP contribution >= 0.6 is 11.8 Å². The van der Waals surface area contributed by atoms with Gasteiger partial charge in [-0.3, -0.25) is 14.5 Å². The SMILES string of the molecule is CCCSC1CC(=O)N(CCCC(C)=O)C1=O. The van der Waals surface area contributed by atoms with E-state index < -0.39 is 0 Å². The molecule has 96 valence electrons. The maximum absolute atomic E-state index is 11.9. The molecule has 1 aliphatic rings. The van der Waals surface area contributed by atoms with Crippen LogP contribution in [0.15, 0.2) is 0 Å². The van der Waals surface area contributed by atoms with Crippen molar-refractivity contribution in [1.82, 2.24) is 4.90 Å². The first-order chi connectivity index (χ1) is 8.06. The summed E-state index contributed by atoms with van der Waals surface area (Å²) in [6.45, 7) is 3.97. The third-order valence-electron chi connectivity index (χ3n) is 2.64. The number of hydrogen-bond acceptors (Lipinski definition) is 4. The Morgan fingerprint density at radius 2 is 2.18 bits per heavy atom. The number of imide groups is 1. The highest BCUT2D eigenvalue weighted by atomic mass is 32.2. The molecule has 0 spiro atoms. The number of carbonyl (C=O) groups is 3. The number of ketones is 1. The van der Waals surface area contributed by atoms with E-state index in [1.54, 1.807) is 11.8 Å². The van der Waals surface area contributed by atoms with E-state index in [1.807, 2.05) is 0 Å². The zero-order valence-electron chi connectivity index (χ0n) is 10.4. The molecular formula is C12H19NO3S. The van der Waals surface area contributed by atoms with Gasteiger partial charge in [-0.2, -0.15) is 0 Å². The predicted octanol–water partition coefficient (Wildman–Crippen LogP) is 1.63. The molecule has 0 aromatic rings. The van der Waals surface area contributed by atoms with E-state index in [0.29, 0.717) is 25.8 Å². The van der Waals surface area contributed by atoms with Gasteiger partial charge in [0.25, 0.3) is 0 Å². The lowest BCUT2D eigenvalue weighted by molar-refractivity contribution is -0.138.